The first-order valence-corrected chi connectivity index (χ1v) is 7.86. The van der Waals surface area contributed by atoms with Crippen LogP contribution in [0.2, 0.25) is 0 Å². The van der Waals surface area contributed by atoms with Gasteiger partial charge in [0.25, 0.3) is 6.47 Å². The Morgan fingerprint density at radius 2 is 1.04 bits per heavy atom. The lowest BCUT2D eigenvalue weighted by atomic mass is 10.1. The minimum absolute atomic E-state index is 0.375. The van der Waals surface area contributed by atoms with E-state index in [1.54, 1.807) is 0 Å². The summed E-state index contributed by atoms with van der Waals surface area (Å²) in [5.74, 6) is 0. The van der Waals surface area contributed by atoms with E-state index in [0.717, 1.165) is 13.5 Å². The lowest BCUT2D eigenvalue weighted by Crippen LogP contribution is -1.85. The van der Waals surface area contributed by atoms with Crippen molar-refractivity contribution in [2.75, 3.05) is 14.2 Å². The van der Waals surface area contributed by atoms with E-state index in [2.05, 4.69) is 65.4 Å². The smallest absolute Gasteiger partial charge is 0.292 e. The minimum Gasteiger partial charge on any atom is -0.471 e. The normalized spacial score (nSPS) is 7.26. The molecule has 0 heterocycles. The van der Waals surface area contributed by atoms with Gasteiger partial charge in [0, 0.05) is 7.11 Å². The summed E-state index contributed by atoms with van der Waals surface area (Å²) in [5.41, 5.74) is 2.74. The Bertz CT molecular complexity index is 376. The molecule has 0 fully saturated rings. The van der Waals surface area contributed by atoms with Crippen LogP contribution in [0.5, 0.6) is 0 Å². The number of methoxy groups -OCH3 is 1. The molecular weight excluding hydrogens is 288 g/mol. The molecule has 0 unspecified atom stereocenters. The Kier molecular flexibility index (Phi) is 27.9. The maximum Gasteiger partial charge on any atom is 0.292 e. The van der Waals surface area contributed by atoms with Crippen molar-refractivity contribution in [3.05, 3.63) is 71.8 Å². The highest BCUT2D eigenvalue weighted by molar-refractivity contribution is 5.36. The Labute approximate surface area is 142 Å². The second-order valence-electron chi connectivity index (χ2n) is 3.48. The molecule has 0 aromatic heterocycles. The van der Waals surface area contributed by atoms with Crippen molar-refractivity contribution in [1.82, 2.24) is 0 Å². The molecule has 0 spiro atoms. The van der Waals surface area contributed by atoms with Crippen LogP contribution in [0, 0.1) is 0 Å². The lowest BCUT2D eigenvalue weighted by Gasteiger charge is -2.00. The van der Waals surface area contributed by atoms with E-state index >= 15 is 0 Å². The van der Waals surface area contributed by atoms with Gasteiger partial charge in [-0.2, -0.15) is 0 Å². The molecule has 3 heteroatoms. The number of carbonyl (C=O) groups excluding carboxylic acids is 1. The Morgan fingerprint density at radius 1 is 0.783 bits per heavy atom. The van der Waals surface area contributed by atoms with E-state index in [4.69, 9.17) is 9.90 Å². The van der Waals surface area contributed by atoms with Crippen LogP contribution in [0.15, 0.2) is 60.7 Å². The Hall–Kier alpha value is -2.13. The van der Waals surface area contributed by atoms with Crippen molar-refractivity contribution < 1.29 is 14.6 Å². The molecular formula is C20H32O3. The Morgan fingerprint density at radius 3 is 1.26 bits per heavy atom. The van der Waals surface area contributed by atoms with Gasteiger partial charge in [-0.3, -0.25) is 4.79 Å². The van der Waals surface area contributed by atoms with Crippen LogP contribution in [-0.4, -0.2) is 25.8 Å². The van der Waals surface area contributed by atoms with Gasteiger partial charge in [-0.05, 0) is 17.5 Å². The van der Waals surface area contributed by atoms with Crippen molar-refractivity contribution in [1.29, 1.82) is 0 Å². The first kappa shape index (κ1) is 25.8. The summed E-state index contributed by atoms with van der Waals surface area (Å²) < 4.78 is 3.86. The molecule has 0 atom stereocenters. The van der Waals surface area contributed by atoms with E-state index in [9.17, 15) is 0 Å². The molecule has 3 nitrogen and oxygen atoms in total. The summed E-state index contributed by atoms with van der Waals surface area (Å²) >= 11 is 0. The molecule has 0 radical (unpaired) electrons. The average Bonchev–Trinajstić information content (AvgIpc) is 2.68. The standard InChI is InChI=1S/C13H12.C2H4O2.2C2H6.CH4O/c1-3-7-12(8-4-1)11-13-9-5-2-6-10-13;1-4-2-3;3*1-2/h1-10H,11H2;2H,1H3;2*1-2H3;2H,1H3. The van der Waals surface area contributed by atoms with Crippen molar-refractivity contribution in [3.63, 3.8) is 0 Å². The summed E-state index contributed by atoms with van der Waals surface area (Å²) in [6.45, 7) is 8.38. The largest absolute Gasteiger partial charge is 0.471 e. The molecule has 2 aromatic carbocycles. The van der Waals surface area contributed by atoms with Gasteiger partial charge in [0.1, 0.15) is 0 Å². The van der Waals surface area contributed by atoms with Gasteiger partial charge >= 0.3 is 0 Å². The number of rotatable bonds is 3. The quantitative estimate of drug-likeness (QED) is 0.832. The SMILES string of the molecule is CC.CC.CO.COC=O.c1ccc(Cc2ccccc2)cc1. The summed E-state index contributed by atoms with van der Waals surface area (Å²) in [4.78, 5) is 8.95. The third-order valence-electron chi connectivity index (χ3n) is 2.19. The van der Waals surface area contributed by atoms with Crippen LogP contribution in [0.25, 0.3) is 0 Å². The average molecular weight is 320 g/mol. The zero-order chi connectivity index (χ0) is 18.3. The molecule has 130 valence electrons. The van der Waals surface area contributed by atoms with Crippen molar-refractivity contribution in [2.45, 2.75) is 34.1 Å². The molecule has 0 bridgehead atoms. The number of aliphatic hydroxyl groups is 1. The molecule has 0 aliphatic heterocycles. The second kappa shape index (κ2) is 24.9. The summed E-state index contributed by atoms with van der Waals surface area (Å²) in [7, 11) is 2.31. The van der Waals surface area contributed by atoms with Crippen LogP contribution < -0.4 is 0 Å². The number of ether oxygens (including phenoxy) is 1. The number of hydrogen-bond donors (Lipinski definition) is 1. The number of hydrogen-bond acceptors (Lipinski definition) is 3. The first-order valence-electron chi connectivity index (χ1n) is 7.86. The van der Waals surface area contributed by atoms with Crippen LogP contribution in [0.4, 0.5) is 0 Å². The van der Waals surface area contributed by atoms with Gasteiger partial charge in [0.2, 0.25) is 0 Å². The van der Waals surface area contributed by atoms with Crippen molar-refractivity contribution in [2.24, 2.45) is 0 Å². The van der Waals surface area contributed by atoms with Gasteiger partial charge in [0.05, 0.1) is 7.11 Å². The monoisotopic (exact) mass is 320 g/mol. The summed E-state index contributed by atoms with van der Waals surface area (Å²) in [5, 5.41) is 7.00. The van der Waals surface area contributed by atoms with Gasteiger partial charge in [0.15, 0.2) is 0 Å². The molecule has 2 aromatic rings. The Balaban J connectivity index is -0.000000340. The van der Waals surface area contributed by atoms with E-state index < -0.39 is 0 Å². The number of aliphatic hydroxyl groups excluding tert-OH is 1. The molecule has 0 saturated heterocycles. The van der Waals surface area contributed by atoms with Crippen molar-refractivity contribution >= 4 is 6.47 Å². The number of carbonyl (C=O) groups is 1. The third-order valence-corrected chi connectivity index (χ3v) is 2.19. The first-order chi connectivity index (χ1) is 11.4. The molecule has 1 N–H and O–H groups in total. The molecule has 0 aliphatic carbocycles. The zero-order valence-corrected chi connectivity index (χ0v) is 15.3. The fourth-order valence-corrected chi connectivity index (χ4v) is 1.43. The lowest BCUT2D eigenvalue weighted by molar-refractivity contribution is -0.126. The topological polar surface area (TPSA) is 46.5 Å². The molecule has 23 heavy (non-hydrogen) atoms. The van der Waals surface area contributed by atoms with E-state index in [-0.39, 0.29) is 0 Å². The van der Waals surface area contributed by atoms with Gasteiger partial charge < -0.3 is 9.84 Å². The molecule has 2 rings (SSSR count). The summed E-state index contributed by atoms with van der Waals surface area (Å²) in [6, 6.07) is 21.1. The minimum atomic E-state index is 0.375. The molecule has 0 aliphatic rings. The maximum absolute atomic E-state index is 8.95. The van der Waals surface area contributed by atoms with E-state index in [1.165, 1.54) is 18.2 Å². The number of benzene rings is 2. The predicted molar refractivity (Wildman–Crippen MR) is 99.6 cm³/mol. The highest BCUT2D eigenvalue weighted by Crippen LogP contribution is 2.07. The summed E-state index contributed by atoms with van der Waals surface area (Å²) in [6.07, 6.45) is 1.03. The predicted octanol–water partition coefficient (Wildman–Crippen LogP) is 4.73. The zero-order valence-electron chi connectivity index (χ0n) is 15.3. The van der Waals surface area contributed by atoms with Crippen LogP contribution in [0.1, 0.15) is 38.8 Å². The third kappa shape index (κ3) is 17.8. The highest BCUT2D eigenvalue weighted by atomic mass is 16.5. The fraction of sp³-hybridized carbons (Fsp3) is 0.350. The van der Waals surface area contributed by atoms with Gasteiger partial charge in [-0.15, -0.1) is 0 Å². The van der Waals surface area contributed by atoms with Crippen LogP contribution in [0.3, 0.4) is 0 Å². The van der Waals surface area contributed by atoms with E-state index in [0.29, 0.717) is 6.47 Å². The molecule has 0 saturated carbocycles. The van der Waals surface area contributed by atoms with Gasteiger partial charge in [-0.1, -0.05) is 88.4 Å². The van der Waals surface area contributed by atoms with Crippen LogP contribution in [-0.2, 0) is 16.0 Å². The highest BCUT2D eigenvalue weighted by Gasteiger charge is 1.92. The van der Waals surface area contributed by atoms with E-state index in [1.807, 2.05) is 27.7 Å². The maximum atomic E-state index is 8.95. The van der Waals surface area contributed by atoms with Gasteiger partial charge in [-0.25, -0.2) is 0 Å². The van der Waals surface area contributed by atoms with Crippen LogP contribution >= 0.6 is 0 Å². The second-order valence-corrected chi connectivity index (χ2v) is 3.48. The fourth-order valence-electron chi connectivity index (χ4n) is 1.43. The van der Waals surface area contributed by atoms with Crippen molar-refractivity contribution in [3.8, 4) is 0 Å². The molecule has 0 amide bonds.